The van der Waals surface area contributed by atoms with Gasteiger partial charge in [-0.2, -0.15) is 12.4 Å². The lowest BCUT2D eigenvalue weighted by molar-refractivity contribution is -0.129. The molecule has 11 heteroatoms. The first-order valence-corrected chi connectivity index (χ1v) is 19.2. The summed E-state index contributed by atoms with van der Waals surface area (Å²) in [5.41, 5.74) is 3.65. The number of aliphatic hydroxyl groups is 3. The van der Waals surface area contributed by atoms with Crippen LogP contribution in [0.2, 0.25) is 0 Å². The van der Waals surface area contributed by atoms with Gasteiger partial charge in [0.25, 0.3) is 0 Å². The van der Waals surface area contributed by atoms with E-state index < -0.39 is 36.6 Å². The lowest BCUT2D eigenvalue weighted by Gasteiger charge is -2.34. The van der Waals surface area contributed by atoms with Crippen molar-refractivity contribution in [3.05, 3.63) is 148 Å². The van der Waals surface area contributed by atoms with Crippen molar-refractivity contribution in [2.75, 3.05) is 34.7 Å². The maximum atomic E-state index is 15.0. The number of nitrogens with zero attached hydrogens (tertiary/aromatic N) is 1. The van der Waals surface area contributed by atoms with Crippen molar-refractivity contribution in [2.24, 2.45) is 5.92 Å². The molecule has 0 radical (unpaired) electrons. The van der Waals surface area contributed by atoms with Gasteiger partial charge < -0.3 is 50.0 Å². The fourth-order valence-corrected chi connectivity index (χ4v) is 8.04. The van der Waals surface area contributed by atoms with Crippen LogP contribution in [0.25, 0.3) is 10.8 Å². The first-order chi connectivity index (χ1) is 28.1. The third-order valence-electron chi connectivity index (χ3n) is 11.0. The minimum atomic E-state index is -1.60. The number of ketones is 1. The van der Waals surface area contributed by atoms with E-state index in [0.717, 1.165) is 33.0 Å². The highest BCUT2D eigenvalue weighted by Gasteiger charge is 2.42. The van der Waals surface area contributed by atoms with Crippen molar-refractivity contribution in [1.82, 2.24) is 10.3 Å². The standard InChI is InChI=1S/C47H51N2O9/c1-48-26-32-18-37(23-38(52)19-32)47(28-50,25-30-11-14-43(58-29-51)44(20-30)56-2)45(55)24-42(54)36(17-31-15-16-49-27-31)21-35-12-13-41(53)46(57-3)40(35)22-34-9-6-8-33-7-4-5-10-39(33)34/h4-16,18-20,23,27,36,42,48,50-54H,17,21-22,24-26,28-29H2,1-3H3/q-1. The molecular formula is C47H51N2O9-. The normalized spacial score (nSPS) is 13.5. The van der Waals surface area contributed by atoms with Gasteiger partial charge in [0, 0.05) is 24.9 Å². The molecule has 3 atom stereocenters. The Hall–Kier alpha value is -5.85. The third-order valence-corrected chi connectivity index (χ3v) is 11.0. The molecule has 0 saturated carbocycles. The summed E-state index contributed by atoms with van der Waals surface area (Å²) in [5.74, 6) is -0.0416. The summed E-state index contributed by atoms with van der Waals surface area (Å²) < 4.78 is 16.6. The number of phenols is 2. The Bertz CT molecular complexity index is 2300. The molecule has 58 heavy (non-hydrogen) atoms. The van der Waals surface area contributed by atoms with Crippen molar-refractivity contribution in [3.8, 4) is 28.7 Å². The highest BCUT2D eigenvalue weighted by Crippen LogP contribution is 2.40. The van der Waals surface area contributed by atoms with Gasteiger partial charge in [0.15, 0.2) is 29.8 Å². The van der Waals surface area contributed by atoms with Crippen LogP contribution < -0.4 is 24.5 Å². The topological polar surface area (TPSA) is 172 Å². The summed E-state index contributed by atoms with van der Waals surface area (Å²) in [4.78, 5) is 19.2. The summed E-state index contributed by atoms with van der Waals surface area (Å²) in [5, 5.41) is 60.1. The monoisotopic (exact) mass is 787 g/mol. The molecule has 11 nitrogen and oxygen atoms in total. The average Bonchev–Trinajstić information content (AvgIpc) is 3.74. The quantitative estimate of drug-likeness (QED) is 0.0520. The molecule has 0 saturated heterocycles. The van der Waals surface area contributed by atoms with Crippen molar-refractivity contribution in [2.45, 2.75) is 50.2 Å². The molecular weight excluding hydrogens is 737 g/mol. The lowest BCUT2D eigenvalue weighted by atomic mass is 9.70. The summed E-state index contributed by atoms with van der Waals surface area (Å²) in [6, 6.07) is 29.4. The maximum absolute atomic E-state index is 15.0. The van der Waals surface area contributed by atoms with Gasteiger partial charge in [-0.15, -0.1) is 0 Å². The van der Waals surface area contributed by atoms with E-state index in [1.54, 1.807) is 55.8 Å². The maximum Gasteiger partial charge on any atom is 0.186 e. The lowest BCUT2D eigenvalue weighted by Crippen LogP contribution is -2.44. The van der Waals surface area contributed by atoms with Gasteiger partial charge in [0.1, 0.15) is 11.5 Å². The van der Waals surface area contributed by atoms with E-state index >= 15 is 0 Å². The summed E-state index contributed by atoms with van der Waals surface area (Å²) >= 11 is 0. The van der Waals surface area contributed by atoms with Crippen molar-refractivity contribution < 1.29 is 44.5 Å². The van der Waals surface area contributed by atoms with Gasteiger partial charge in [-0.25, -0.2) is 0 Å². The van der Waals surface area contributed by atoms with Gasteiger partial charge in [-0.1, -0.05) is 72.3 Å². The number of hydrogen-bond acceptors (Lipinski definition) is 10. The molecule has 6 N–H and O–H groups in total. The minimum absolute atomic E-state index is 0.00179. The van der Waals surface area contributed by atoms with Crippen LogP contribution in [-0.2, 0) is 42.4 Å². The van der Waals surface area contributed by atoms with E-state index in [4.69, 9.17) is 14.2 Å². The van der Waals surface area contributed by atoms with Gasteiger partial charge in [-0.05, 0) is 101 Å². The van der Waals surface area contributed by atoms with E-state index in [-0.39, 0.29) is 24.3 Å². The minimum Gasteiger partial charge on any atom is -0.670 e. The molecule has 0 aliphatic heterocycles. The molecule has 3 unspecified atom stereocenters. The number of carbonyl (C=O) groups excluding carboxylic acids is 1. The molecule has 0 amide bonds. The molecule has 5 aromatic carbocycles. The largest absolute Gasteiger partial charge is 0.670 e. The second-order valence-corrected chi connectivity index (χ2v) is 14.7. The molecule has 6 aromatic rings. The zero-order chi connectivity index (χ0) is 41.2. The molecule has 0 aliphatic rings. The number of carbonyl (C=O) groups is 1. The van der Waals surface area contributed by atoms with Crippen LogP contribution in [0.1, 0.15) is 45.4 Å². The van der Waals surface area contributed by atoms with Gasteiger partial charge in [0.2, 0.25) is 0 Å². The number of phenolic OH excluding ortho intramolecular Hbond substituents is 2. The van der Waals surface area contributed by atoms with E-state index in [9.17, 15) is 30.3 Å². The number of methoxy groups -OCH3 is 2. The van der Waals surface area contributed by atoms with E-state index in [1.165, 1.54) is 20.3 Å². The number of hydrogen-bond donors (Lipinski definition) is 6. The summed E-state index contributed by atoms with van der Waals surface area (Å²) in [7, 11) is 4.75. The van der Waals surface area contributed by atoms with Crippen LogP contribution in [-0.4, -0.2) is 72.1 Å². The number of aliphatic hydroxyl groups excluding tert-OH is 3. The number of fused-ring (bicyclic) bond motifs is 1. The van der Waals surface area contributed by atoms with Crippen LogP contribution in [0.5, 0.6) is 28.7 Å². The predicted molar refractivity (Wildman–Crippen MR) is 222 cm³/mol. The van der Waals surface area contributed by atoms with Crippen LogP contribution in [0.15, 0.2) is 109 Å². The Morgan fingerprint density at radius 2 is 1.64 bits per heavy atom. The molecule has 0 bridgehead atoms. The smallest absolute Gasteiger partial charge is 0.186 e. The third kappa shape index (κ3) is 9.30. The molecule has 0 fully saturated rings. The van der Waals surface area contributed by atoms with Crippen molar-refractivity contribution in [3.63, 3.8) is 0 Å². The number of nitrogens with one attached hydrogen (secondary N) is 1. The average molecular weight is 788 g/mol. The van der Waals surface area contributed by atoms with Crippen molar-refractivity contribution >= 4 is 16.6 Å². The zero-order valence-electron chi connectivity index (χ0n) is 33.0. The van der Waals surface area contributed by atoms with Crippen molar-refractivity contribution in [1.29, 1.82) is 0 Å². The number of rotatable bonds is 20. The number of Topliss-reactive ketones (excluding diaryl/α,β-unsaturated/α-hetero) is 1. The Labute approximate surface area is 338 Å². The van der Waals surface area contributed by atoms with E-state index in [1.807, 2.05) is 30.3 Å². The summed E-state index contributed by atoms with van der Waals surface area (Å²) in [6.07, 6.45) is 3.06. The molecule has 0 aliphatic carbocycles. The van der Waals surface area contributed by atoms with Gasteiger partial charge in [-0.3, -0.25) is 4.79 Å². The fourth-order valence-electron chi connectivity index (χ4n) is 8.04. The fraction of sp³-hybridized carbons (Fsp3) is 0.298. The van der Waals surface area contributed by atoms with E-state index in [2.05, 4.69) is 34.6 Å². The molecule has 1 aromatic heterocycles. The van der Waals surface area contributed by atoms with Gasteiger partial charge in [0.05, 0.1) is 32.3 Å². The number of aromatic nitrogens is 1. The van der Waals surface area contributed by atoms with Crippen LogP contribution in [0, 0.1) is 5.92 Å². The molecule has 6 rings (SSSR count). The highest BCUT2D eigenvalue weighted by molar-refractivity contribution is 5.91. The summed E-state index contributed by atoms with van der Waals surface area (Å²) in [6.45, 7) is -0.790. The second kappa shape index (κ2) is 19.1. The Kier molecular flexibility index (Phi) is 13.7. The van der Waals surface area contributed by atoms with E-state index in [0.29, 0.717) is 59.7 Å². The predicted octanol–water partition coefficient (Wildman–Crippen LogP) is 5.76. The highest BCUT2D eigenvalue weighted by atomic mass is 16.6. The number of benzene rings is 5. The Balaban J connectivity index is 1.39. The SMILES string of the molecule is CNCc1cc(O)cc(C(CO)(Cc2ccc(OCO)c(OC)c2)C(=O)CC(O)C(Cc2cc[n-]c2)Cc2ccc(O)c(OC)c2Cc2cccc3ccccc23)c1. The molecule has 0 spiro atoms. The first kappa shape index (κ1) is 41.8. The Morgan fingerprint density at radius 3 is 2.36 bits per heavy atom. The molecule has 304 valence electrons. The number of aromatic hydroxyl groups is 2. The van der Waals surface area contributed by atoms with Crippen LogP contribution >= 0.6 is 0 Å². The van der Waals surface area contributed by atoms with Gasteiger partial charge >= 0.3 is 0 Å². The molecule has 1 heterocycles. The van der Waals surface area contributed by atoms with Crippen LogP contribution in [0.3, 0.4) is 0 Å². The first-order valence-electron chi connectivity index (χ1n) is 19.2. The number of ether oxygens (including phenoxy) is 3. The second-order valence-electron chi connectivity index (χ2n) is 14.7. The van der Waals surface area contributed by atoms with Crippen LogP contribution in [0.4, 0.5) is 0 Å². The Morgan fingerprint density at radius 1 is 0.828 bits per heavy atom. The zero-order valence-corrected chi connectivity index (χ0v) is 33.0.